The van der Waals surface area contributed by atoms with E-state index in [9.17, 15) is 14.0 Å². The molecule has 1 fully saturated rings. The van der Waals surface area contributed by atoms with Gasteiger partial charge in [0, 0.05) is 30.1 Å². The predicted molar refractivity (Wildman–Crippen MR) is 145 cm³/mol. The van der Waals surface area contributed by atoms with Gasteiger partial charge in [-0.2, -0.15) is 0 Å². The fraction of sp³-hybridized carbons (Fsp3) is 0.400. The second-order valence-corrected chi connectivity index (χ2v) is 11.1. The Morgan fingerprint density at radius 2 is 2.05 bits per heavy atom. The van der Waals surface area contributed by atoms with Gasteiger partial charge in [0.2, 0.25) is 5.91 Å². The topological polar surface area (TPSA) is 59.1 Å². The van der Waals surface area contributed by atoms with Crippen LogP contribution >= 0.6 is 11.3 Å². The molecule has 2 aliphatic rings. The van der Waals surface area contributed by atoms with Gasteiger partial charge in [0.15, 0.2) is 0 Å². The highest BCUT2D eigenvalue weighted by Crippen LogP contribution is 2.34. The number of fused-ring (bicyclic) bond motifs is 1. The molecule has 0 radical (unpaired) electrons. The number of thiophene rings is 1. The van der Waals surface area contributed by atoms with Crippen LogP contribution in [0.4, 0.5) is 4.39 Å². The number of rotatable bonds is 8. The van der Waals surface area contributed by atoms with E-state index < -0.39 is 5.82 Å². The summed E-state index contributed by atoms with van der Waals surface area (Å²) in [6.07, 6.45) is 2.39. The third-order valence-electron chi connectivity index (χ3n) is 7.28. The monoisotopic (exact) mass is 536 g/mol. The summed E-state index contributed by atoms with van der Waals surface area (Å²) in [4.78, 5) is 31.8. The Morgan fingerprint density at radius 3 is 2.82 bits per heavy atom. The van der Waals surface area contributed by atoms with Crippen molar-refractivity contribution in [2.75, 3.05) is 32.8 Å². The van der Waals surface area contributed by atoms with Crippen LogP contribution in [0.1, 0.15) is 50.8 Å². The molecule has 3 heterocycles. The number of halogens is 1. The van der Waals surface area contributed by atoms with Gasteiger partial charge in [-0.15, -0.1) is 11.3 Å². The van der Waals surface area contributed by atoms with Crippen molar-refractivity contribution >= 4 is 23.2 Å². The molecule has 200 valence electrons. The van der Waals surface area contributed by atoms with E-state index in [1.54, 1.807) is 17.4 Å². The summed E-state index contributed by atoms with van der Waals surface area (Å²) >= 11 is 1.70. The van der Waals surface area contributed by atoms with Crippen molar-refractivity contribution in [2.24, 2.45) is 0 Å². The molecule has 2 aromatic carbocycles. The van der Waals surface area contributed by atoms with Gasteiger partial charge in [0.05, 0.1) is 12.1 Å². The van der Waals surface area contributed by atoms with Crippen molar-refractivity contribution in [1.29, 1.82) is 0 Å². The van der Waals surface area contributed by atoms with Crippen LogP contribution in [0.3, 0.4) is 0 Å². The Kier molecular flexibility index (Phi) is 8.09. The van der Waals surface area contributed by atoms with Gasteiger partial charge in [-0.05, 0) is 79.9 Å². The highest BCUT2D eigenvalue weighted by atomic mass is 32.1. The SMILES string of the molecule is Cc1ccc(OC[C@@H]2c3ccsc3CCN2C(=O)CN(C[C@H]2CCCO2)C(=O)c2cccc(F)c2)c(C)c1. The van der Waals surface area contributed by atoms with Crippen molar-refractivity contribution in [3.63, 3.8) is 0 Å². The van der Waals surface area contributed by atoms with Crippen molar-refractivity contribution in [3.8, 4) is 5.75 Å². The van der Waals surface area contributed by atoms with Crippen LogP contribution in [0.2, 0.25) is 0 Å². The molecule has 1 aromatic heterocycles. The lowest BCUT2D eigenvalue weighted by Gasteiger charge is -2.37. The molecule has 0 N–H and O–H groups in total. The van der Waals surface area contributed by atoms with Gasteiger partial charge >= 0.3 is 0 Å². The summed E-state index contributed by atoms with van der Waals surface area (Å²) in [5, 5.41) is 2.06. The predicted octanol–water partition coefficient (Wildman–Crippen LogP) is 5.33. The van der Waals surface area contributed by atoms with Gasteiger partial charge in [0.1, 0.15) is 24.7 Å². The largest absolute Gasteiger partial charge is 0.491 e. The summed E-state index contributed by atoms with van der Waals surface area (Å²) in [6.45, 7) is 5.77. The molecule has 0 aliphatic carbocycles. The van der Waals surface area contributed by atoms with Crippen molar-refractivity contribution in [3.05, 3.63) is 86.9 Å². The maximum Gasteiger partial charge on any atom is 0.254 e. The zero-order valence-electron chi connectivity index (χ0n) is 21.8. The first-order valence-electron chi connectivity index (χ1n) is 13.1. The minimum Gasteiger partial charge on any atom is -0.491 e. The van der Waals surface area contributed by atoms with Crippen LogP contribution in [-0.2, 0) is 16.0 Å². The Hall–Kier alpha value is -3.23. The molecule has 2 aliphatic heterocycles. The number of hydrogen-bond acceptors (Lipinski definition) is 5. The average molecular weight is 537 g/mol. The number of nitrogens with zero attached hydrogens (tertiary/aromatic N) is 2. The molecule has 3 aromatic rings. The number of carbonyl (C=O) groups excluding carboxylic acids is 2. The molecule has 2 atom stereocenters. The first-order chi connectivity index (χ1) is 18.4. The standard InChI is InChI=1S/C30H33FN2O4S/c1-20-8-9-27(21(2)15-20)37-19-26-25-11-14-38-28(25)10-12-33(26)29(34)18-32(17-24-7-4-13-36-24)30(35)22-5-3-6-23(31)16-22/h3,5-6,8-9,11,14-16,24,26H,4,7,10,12-13,17-19H2,1-2H3/t24-,26-/m1/s1. The van der Waals surface area contributed by atoms with Gasteiger partial charge in [0.25, 0.3) is 5.91 Å². The molecule has 38 heavy (non-hydrogen) atoms. The smallest absolute Gasteiger partial charge is 0.254 e. The first-order valence-corrected chi connectivity index (χ1v) is 14.0. The first kappa shape index (κ1) is 26.4. The van der Waals surface area contributed by atoms with E-state index in [-0.39, 0.29) is 36.1 Å². The summed E-state index contributed by atoms with van der Waals surface area (Å²) in [6, 6.07) is 13.5. The quantitative estimate of drug-likeness (QED) is 0.391. The second-order valence-electron chi connectivity index (χ2n) is 10.1. The van der Waals surface area contributed by atoms with Crippen LogP contribution in [0.5, 0.6) is 5.75 Å². The Morgan fingerprint density at radius 1 is 1.18 bits per heavy atom. The van der Waals surface area contributed by atoms with Crippen molar-refractivity contribution in [2.45, 2.75) is 45.3 Å². The van der Waals surface area contributed by atoms with Gasteiger partial charge in [-0.25, -0.2) is 4.39 Å². The van der Waals surface area contributed by atoms with E-state index >= 15 is 0 Å². The lowest BCUT2D eigenvalue weighted by Crippen LogP contribution is -2.49. The van der Waals surface area contributed by atoms with E-state index in [4.69, 9.17) is 9.47 Å². The number of carbonyl (C=O) groups is 2. The summed E-state index contributed by atoms with van der Waals surface area (Å²) in [5.74, 6) is -0.209. The lowest BCUT2D eigenvalue weighted by molar-refractivity contribution is -0.135. The molecular formula is C30H33FN2O4S. The highest BCUT2D eigenvalue weighted by Gasteiger charge is 2.34. The summed E-state index contributed by atoms with van der Waals surface area (Å²) in [7, 11) is 0. The second kappa shape index (κ2) is 11.7. The normalized spacial score (nSPS) is 18.8. The van der Waals surface area contributed by atoms with E-state index in [2.05, 4.69) is 17.5 Å². The summed E-state index contributed by atoms with van der Waals surface area (Å²) < 4.78 is 25.9. The van der Waals surface area contributed by atoms with E-state index in [1.165, 1.54) is 33.5 Å². The average Bonchev–Trinajstić information content (AvgIpc) is 3.59. The zero-order valence-corrected chi connectivity index (χ0v) is 22.6. The van der Waals surface area contributed by atoms with Crippen molar-refractivity contribution in [1.82, 2.24) is 9.80 Å². The van der Waals surface area contributed by atoms with Gasteiger partial charge < -0.3 is 19.3 Å². The zero-order chi connectivity index (χ0) is 26.6. The Bertz CT molecular complexity index is 1300. The van der Waals surface area contributed by atoms with E-state index in [0.717, 1.165) is 36.1 Å². The van der Waals surface area contributed by atoms with Gasteiger partial charge in [-0.1, -0.05) is 23.8 Å². The van der Waals surface area contributed by atoms with E-state index in [0.29, 0.717) is 26.3 Å². The van der Waals surface area contributed by atoms with Crippen LogP contribution in [0.25, 0.3) is 0 Å². The van der Waals surface area contributed by atoms with Crippen LogP contribution in [0, 0.1) is 19.7 Å². The number of benzene rings is 2. The maximum absolute atomic E-state index is 13.9. The minimum absolute atomic E-state index is 0.102. The lowest BCUT2D eigenvalue weighted by atomic mass is 10.00. The fourth-order valence-electron chi connectivity index (χ4n) is 5.32. The minimum atomic E-state index is -0.483. The molecule has 0 bridgehead atoms. The number of hydrogen-bond donors (Lipinski definition) is 0. The van der Waals surface area contributed by atoms with Crippen LogP contribution < -0.4 is 4.74 Å². The Balaban J connectivity index is 1.36. The molecule has 2 amide bonds. The molecule has 5 rings (SSSR count). The number of amides is 2. The van der Waals surface area contributed by atoms with Gasteiger partial charge in [-0.3, -0.25) is 9.59 Å². The third kappa shape index (κ3) is 5.92. The summed E-state index contributed by atoms with van der Waals surface area (Å²) in [5.41, 5.74) is 3.54. The van der Waals surface area contributed by atoms with E-state index in [1.807, 2.05) is 30.9 Å². The number of ether oxygens (including phenoxy) is 2. The number of aryl methyl sites for hydroxylation is 2. The molecule has 0 unspecified atom stereocenters. The molecule has 8 heteroatoms. The van der Waals surface area contributed by atoms with Crippen molar-refractivity contribution < 1.29 is 23.5 Å². The molecule has 1 saturated heterocycles. The van der Waals surface area contributed by atoms with Crippen LogP contribution in [0.15, 0.2) is 53.9 Å². The molecule has 6 nitrogen and oxygen atoms in total. The molecule has 0 saturated carbocycles. The molecule has 0 spiro atoms. The maximum atomic E-state index is 13.9. The molecular weight excluding hydrogens is 503 g/mol. The third-order valence-corrected chi connectivity index (χ3v) is 8.27. The fourth-order valence-corrected chi connectivity index (χ4v) is 6.24. The Labute approximate surface area is 227 Å². The highest BCUT2D eigenvalue weighted by molar-refractivity contribution is 7.10. The van der Waals surface area contributed by atoms with Crippen LogP contribution in [-0.4, -0.2) is 60.6 Å².